The molecule has 1 saturated carbocycles. The summed E-state index contributed by atoms with van der Waals surface area (Å²) >= 11 is 0. The quantitative estimate of drug-likeness (QED) is 0.108. The number of fused-ring (bicyclic) bond motifs is 5. The molecule has 4 aromatic rings. The van der Waals surface area contributed by atoms with Crippen molar-refractivity contribution in [1.29, 1.82) is 0 Å². The van der Waals surface area contributed by atoms with Gasteiger partial charge in [-0.25, -0.2) is 19.6 Å². The van der Waals surface area contributed by atoms with Crippen LogP contribution in [0, 0.1) is 17.8 Å². The van der Waals surface area contributed by atoms with E-state index in [0.29, 0.717) is 31.5 Å². The average Bonchev–Trinajstić information content (AvgIpc) is 4.07. The number of likely N-dealkylation sites (tertiary alicyclic amines) is 1. The second-order valence-corrected chi connectivity index (χ2v) is 16.9. The fourth-order valence-corrected chi connectivity index (χ4v) is 9.17. The van der Waals surface area contributed by atoms with Crippen molar-refractivity contribution in [2.75, 3.05) is 20.8 Å². The van der Waals surface area contributed by atoms with E-state index in [4.69, 9.17) is 24.2 Å². The van der Waals surface area contributed by atoms with Gasteiger partial charge in [-0.15, -0.1) is 0 Å². The zero-order valence-electron chi connectivity index (χ0n) is 35.8. The Morgan fingerprint density at radius 3 is 2.00 bits per heavy atom. The van der Waals surface area contributed by atoms with Gasteiger partial charge in [0.1, 0.15) is 23.7 Å². The molecule has 2 bridgehead atoms. The first-order valence-corrected chi connectivity index (χ1v) is 21.1. The Bertz CT molecular complexity index is 2210. The number of ether oxygens (including phenoxy) is 3. The van der Waals surface area contributed by atoms with Crippen molar-refractivity contribution in [3.8, 4) is 33.6 Å². The Hall–Kier alpha value is -5.70. The maximum absolute atomic E-state index is 14.0. The largest absolute Gasteiger partial charge is 0.453 e. The molecule has 4 amide bonds. The number of piperidine rings is 1. The number of carbonyl (C=O) groups excluding carboxylic acids is 4. The van der Waals surface area contributed by atoms with E-state index < -0.39 is 24.3 Å². The highest BCUT2D eigenvalue weighted by atomic mass is 16.5. The van der Waals surface area contributed by atoms with E-state index in [2.05, 4.69) is 57.0 Å². The minimum Gasteiger partial charge on any atom is -0.453 e. The van der Waals surface area contributed by atoms with Crippen molar-refractivity contribution < 1.29 is 33.4 Å². The van der Waals surface area contributed by atoms with Gasteiger partial charge in [0.25, 0.3) is 0 Å². The van der Waals surface area contributed by atoms with E-state index in [9.17, 15) is 19.2 Å². The van der Waals surface area contributed by atoms with Crippen LogP contribution in [0.1, 0.15) is 102 Å². The molecule has 15 heteroatoms. The number of imidazole rings is 2. The van der Waals surface area contributed by atoms with Gasteiger partial charge in [-0.05, 0) is 95.9 Å². The number of hydrogen-bond donors (Lipinski definition) is 4. The van der Waals surface area contributed by atoms with Gasteiger partial charge in [-0.2, -0.15) is 0 Å². The summed E-state index contributed by atoms with van der Waals surface area (Å²) in [5.74, 6) is 1.15. The highest BCUT2D eigenvalue weighted by molar-refractivity contribution is 5.87. The van der Waals surface area contributed by atoms with Crippen LogP contribution in [0.4, 0.5) is 9.59 Å². The topological polar surface area (TPSA) is 184 Å². The van der Waals surface area contributed by atoms with Gasteiger partial charge in [0.2, 0.25) is 11.8 Å². The van der Waals surface area contributed by atoms with Crippen LogP contribution in [0.15, 0.2) is 48.8 Å². The van der Waals surface area contributed by atoms with Gasteiger partial charge in [-0.1, -0.05) is 58.9 Å². The van der Waals surface area contributed by atoms with Gasteiger partial charge < -0.3 is 44.6 Å². The van der Waals surface area contributed by atoms with Crippen LogP contribution < -0.4 is 10.6 Å². The molecule has 0 spiro atoms. The number of H-pyrrole nitrogens is 2. The third-order valence-electron chi connectivity index (χ3n) is 12.3. The standard InChI is InChI=1S/C45H58N8O7/c1-9-16-52(42(54)37(24(2)3)50-44(56)58-7)26(6)40-46-20-35(48-40)27-11-14-33-30(17-27)22-60-23-31-18-28(12-15-34(31)33)36-21-47-41(49-36)39-29-10-13-32(19-29)53(39)43(55)38(25(4)5)51-45(57)59-8/h11-12,14-15,17-18,20-21,24-26,29,32,37-39H,9-10,13,16,19,22-23H2,1-8H3,(H,46,48)(H,47,49)(H,50,56)(H,51,57). The molecule has 6 unspecified atom stereocenters. The maximum atomic E-state index is 14.0. The highest BCUT2D eigenvalue weighted by Gasteiger charge is 2.51. The molecule has 1 saturated heterocycles. The summed E-state index contributed by atoms with van der Waals surface area (Å²) in [4.78, 5) is 72.3. The van der Waals surface area contributed by atoms with Crippen molar-refractivity contribution in [3.63, 3.8) is 0 Å². The Balaban J connectivity index is 1.09. The summed E-state index contributed by atoms with van der Waals surface area (Å²) in [6.45, 7) is 12.9. The maximum Gasteiger partial charge on any atom is 0.407 e. The molecule has 2 fully saturated rings. The molecule has 2 aromatic carbocycles. The number of aromatic nitrogens is 4. The number of benzene rings is 2. The van der Waals surface area contributed by atoms with Crippen LogP contribution in [-0.2, 0) is 37.0 Å². The van der Waals surface area contributed by atoms with Crippen molar-refractivity contribution in [3.05, 3.63) is 71.6 Å². The lowest BCUT2D eigenvalue weighted by Gasteiger charge is -2.37. The lowest BCUT2D eigenvalue weighted by Crippen LogP contribution is -2.54. The minimum atomic E-state index is -0.738. The van der Waals surface area contributed by atoms with Crippen molar-refractivity contribution >= 4 is 24.0 Å². The summed E-state index contributed by atoms with van der Waals surface area (Å²) in [6, 6.07) is 10.8. The van der Waals surface area contributed by atoms with Crippen molar-refractivity contribution in [2.45, 2.75) is 111 Å². The molecule has 60 heavy (non-hydrogen) atoms. The summed E-state index contributed by atoms with van der Waals surface area (Å²) in [7, 11) is 2.59. The van der Waals surface area contributed by atoms with Crippen LogP contribution in [0.2, 0.25) is 0 Å². The molecule has 2 aromatic heterocycles. The molecule has 0 radical (unpaired) electrons. The number of carbonyl (C=O) groups is 4. The second kappa shape index (κ2) is 17.9. The zero-order valence-corrected chi connectivity index (χ0v) is 35.8. The van der Waals surface area contributed by atoms with Crippen molar-refractivity contribution in [2.24, 2.45) is 17.8 Å². The first-order chi connectivity index (χ1) is 28.8. The van der Waals surface area contributed by atoms with Gasteiger partial charge in [0, 0.05) is 12.6 Å². The number of amides is 4. The Labute approximate surface area is 351 Å². The van der Waals surface area contributed by atoms with Gasteiger partial charge >= 0.3 is 12.2 Å². The van der Waals surface area contributed by atoms with Crippen molar-refractivity contribution in [1.82, 2.24) is 40.4 Å². The third kappa shape index (κ3) is 8.36. The molecular formula is C45H58N8O7. The number of methoxy groups -OCH3 is 2. The van der Waals surface area contributed by atoms with E-state index >= 15 is 0 Å². The number of aromatic amines is 2. The minimum absolute atomic E-state index is 0.103. The lowest BCUT2D eigenvalue weighted by atomic mass is 9.93. The predicted molar refractivity (Wildman–Crippen MR) is 225 cm³/mol. The van der Waals surface area contributed by atoms with E-state index in [1.54, 1.807) is 11.1 Å². The molecule has 2 aliphatic heterocycles. The fraction of sp³-hybridized carbons (Fsp3) is 0.511. The Kier molecular flexibility index (Phi) is 12.6. The molecule has 7 rings (SSSR count). The molecule has 4 N–H and O–H groups in total. The lowest BCUT2D eigenvalue weighted by molar-refractivity contribution is -0.139. The van der Waals surface area contributed by atoms with Crippen LogP contribution >= 0.6 is 0 Å². The van der Waals surface area contributed by atoms with E-state index in [0.717, 1.165) is 76.3 Å². The van der Waals surface area contributed by atoms with Crippen LogP contribution in [-0.4, -0.2) is 92.6 Å². The van der Waals surface area contributed by atoms with Crippen LogP contribution in [0.5, 0.6) is 0 Å². The van der Waals surface area contributed by atoms with Crippen LogP contribution in [0.25, 0.3) is 33.6 Å². The van der Waals surface area contributed by atoms with E-state index in [-0.39, 0.29) is 41.8 Å². The van der Waals surface area contributed by atoms with E-state index in [1.807, 2.05) is 52.6 Å². The molecule has 1 aliphatic carbocycles. The first-order valence-electron chi connectivity index (χ1n) is 21.1. The first kappa shape index (κ1) is 42.4. The summed E-state index contributed by atoms with van der Waals surface area (Å²) in [6.07, 6.45) is 6.00. The van der Waals surface area contributed by atoms with Crippen LogP contribution in [0.3, 0.4) is 0 Å². The number of nitrogens with one attached hydrogen (secondary N) is 4. The van der Waals surface area contributed by atoms with Gasteiger partial charge in [0.15, 0.2) is 0 Å². The fourth-order valence-electron chi connectivity index (χ4n) is 9.17. The third-order valence-corrected chi connectivity index (χ3v) is 12.3. The normalized spacial score (nSPS) is 19.6. The molecule has 320 valence electrons. The number of hydrogen-bond acceptors (Lipinski definition) is 9. The monoisotopic (exact) mass is 822 g/mol. The molecule has 6 atom stereocenters. The highest BCUT2D eigenvalue weighted by Crippen LogP contribution is 2.50. The number of alkyl carbamates (subject to hydrolysis) is 2. The smallest absolute Gasteiger partial charge is 0.407 e. The summed E-state index contributed by atoms with van der Waals surface area (Å²) in [5.41, 5.74) is 7.88. The predicted octanol–water partition coefficient (Wildman–Crippen LogP) is 7.28. The van der Waals surface area contributed by atoms with Gasteiger partial charge in [0.05, 0.1) is 63.3 Å². The average molecular weight is 823 g/mol. The SMILES string of the molecule is CCCN(C(=O)C(NC(=O)OC)C(C)C)C(C)c1ncc(-c2ccc3c(c2)COCc2cc(-c4cnc(C5C6CCC(C6)N5C(=O)C(NC(=O)OC)C(C)C)[nH]4)ccc2-3)[nH]1. The second-order valence-electron chi connectivity index (χ2n) is 16.9. The summed E-state index contributed by atoms with van der Waals surface area (Å²) < 4.78 is 15.9. The number of rotatable bonds is 13. The van der Waals surface area contributed by atoms with Gasteiger partial charge in [-0.3, -0.25) is 9.59 Å². The van der Waals surface area contributed by atoms with E-state index in [1.165, 1.54) is 14.2 Å². The molecule has 4 heterocycles. The summed E-state index contributed by atoms with van der Waals surface area (Å²) in [5, 5.41) is 5.46. The molecule has 15 nitrogen and oxygen atoms in total. The number of nitrogens with zero attached hydrogens (tertiary/aromatic N) is 4. The Morgan fingerprint density at radius 2 is 1.42 bits per heavy atom. The molecular weight excluding hydrogens is 765 g/mol. The Morgan fingerprint density at radius 1 is 0.833 bits per heavy atom. The molecule has 3 aliphatic rings. The zero-order chi connectivity index (χ0) is 42.8.